The number of benzene rings is 3. The smallest absolute Gasteiger partial charge is 0.166 e. The quantitative estimate of drug-likeness (QED) is 0.255. The maximum absolute atomic E-state index is 15.2. The Labute approximate surface area is 213 Å². The third-order valence-corrected chi connectivity index (χ3v) is 7.81. The van der Waals surface area contributed by atoms with Crippen molar-refractivity contribution in [3.63, 3.8) is 0 Å². The molecule has 0 bridgehead atoms. The highest BCUT2D eigenvalue weighted by Gasteiger charge is 2.26. The number of halogens is 3. The van der Waals surface area contributed by atoms with Gasteiger partial charge in [-0.3, -0.25) is 0 Å². The largest absolute Gasteiger partial charge is 0.497 e. The van der Waals surface area contributed by atoms with Crippen molar-refractivity contribution in [2.45, 2.75) is 77.0 Å². The van der Waals surface area contributed by atoms with Gasteiger partial charge in [-0.1, -0.05) is 62.2 Å². The fraction of sp³-hybridized carbons (Fsp3) is 0.438. The van der Waals surface area contributed by atoms with Crippen molar-refractivity contribution >= 4 is 0 Å². The van der Waals surface area contributed by atoms with E-state index in [2.05, 4.69) is 6.92 Å². The zero-order valence-electron chi connectivity index (χ0n) is 21.5. The van der Waals surface area contributed by atoms with Crippen LogP contribution in [0.3, 0.4) is 0 Å². The van der Waals surface area contributed by atoms with Gasteiger partial charge in [0, 0.05) is 11.6 Å². The Bertz CT molecular complexity index is 1130. The van der Waals surface area contributed by atoms with Gasteiger partial charge in [0.1, 0.15) is 11.6 Å². The van der Waals surface area contributed by atoms with E-state index >= 15 is 8.78 Å². The number of ether oxygens (including phenoxy) is 1. The molecular weight excluding hydrogens is 457 g/mol. The zero-order chi connectivity index (χ0) is 25.5. The van der Waals surface area contributed by atoms with Crippen LogP contribution in [0.4, 0.5) is 13.2 Å². The van der Waals surface area contributed by atoms with E-state index in [4.69, 9.17) is 4.74 Å². The lowest BCUT2D eigenvalue weighted by Gasteiger charge is -2.29. The monoisotopic (exact) mass is 494 g/mol. The normalized spacial score (nSPS) is 17.8. The van der Waals surface area contributed by atoms with Crippen LogP contribution in [0.1, 0.15) is 80.9 Å². The molecule has 0 aliphatic heterocycles. The lowest BCUT2D eigenvalue weighted by Crippen LogP contribution is -2.15. The summed E-state index contributed by atoms with van der Waals surface area (Å²) in [5.41, 5.74) is 3.47. The van der Waals surface area contributed by atoms with Gasteiger partial charge in [-0.05, 0) is 91.5 Å². The Hall–Kier alpha value is -2.75. The lowest BCUT2D eigenvalue weighted by molar-refractivity contribution is 0.304. The Kier molecular flexibility index (Phi) is 9.12. The van der Waals surface area contributed by atoms with E-state index in [1.807, 2.05) is 24.3 Å². The first kappa shape index (κ1) is 26.3. The summed E-state index contributed by atoms with van der Waals surface area (Å²) in [6.07, 6.45) is 9.69. The van der Waals surface area contributed by atoms with Crippen LogP contribution >= 0.6 is 0 Å². The topological polar surface area (TPSA) is 9.23 Å². The first-order valence-corrected chi connectivity index (χ1v) is 13.4. The molecule has 3 aromatic carbocycles. The van der Waals surface area contributed by atoms with Gasteiger partial charge in [-0.25, -0.2) is 13.2 Å². The highest BCUT2D eigenvalue weighted by molar-refractivity contribution is 5.65. The summed E-state index contributed by atoms with van der Waals surface area (Å²) in [6.45, 7) is 2.18. The summed E-state index contributed by atoms with van der Waals surface area (Å²) < 4.78 is 49.6. The second kappa shape index (κ2) is 12.5. The molecule has 4 heteroatoms. The first-order chi connectivity index (χ1) is 17.5. The summed E-state index contributed by atoms with van der Waals surface area (Å²) in [6, 6.07) is 16.4. The minimum absolute atomic E-state index is 0.0310. The van der Waals surface area contributed by atoms with Gasteiger partial charge in [0.05, 0.1) is 7.11 Å². The fourth-order valence-electron chi connectivity index (χ4n) is 5.51. The molecule has 1 aliphatic rings. The fourth-order valence-corrected chi connectivity index (χ4v) is 5.51. The molecule has 0 amide bonds. The highest BCUT2D eigenvalue weighted by atomic mass is 19.2. The number of methoxy groups -OCH3 is 1. The van der Waals surface area contributed by atoms with Crippen molar-refractivity contribution in [1.82, 2.24) is 0 Å². The summed E-state index contributed by atoms with van der Waals surface area (Å²) in [5, 5.41) is 0. The molecule has 1 aliphatic carbocycles. The molecule has 36 heavy (non-hydrogen) atoms. The Morgan fingerprint density at radius 1 is 0.806 bits per heavy atom. The summed E-state index contributed by atoms with van der Waals surface area (Å²) in [5.74, 6) is -0.649. The number of hydrogen-bond donors (Lipinski definition) is 0. The number of aryl methyl sites for hydroxylation is 2. The number of rotatable bonds is 10. The van der Waals surface area contributed by atoms with Crippen LogP contribution in [-0.4, -0.2) is 7.11 Å². The molecule has 0 unspecified atom stereocenters. The Balaban J connectivity index is 1.35. The molecule has 0 atom stereocenters. The predicted octanol–water partition coefficient (Wildman–Crippen LogP) is 9.42. The summed E-state index contributed by atoms with van der Waals surface area (Å²) >= 11 is 0. The van der Waals surface area contributed by atoms with Gasteiger partial charge in [-0.15, -0.1) is 0 Å². The number of unbranched alkanes of at least 4 members (excludes halogenated alkanes) is 2. The molecule has 1 saturated carbocycles. The molecule has 0 aromatic heterocycles. The van der Waals surface area contributed by atoms with Crippen LogP contribution in [-0.2, 0) is 12.8 Å². The van der Waals surface area contributed by atoms with Crippen LogP contribution in [0, 0.1) is 23.4 Å². The first-order valence-electron chi connectivity index (χ1n) is 13.4. The minimum atomic E-state index is -0.747. The van der Waals surface area contributed by atoms with E-state index in [0.717, 1.165) is 44.9 Å². The van der Waals surface area contributed by atoms with Crippen molar-refractivity contribution in [3.8, 4) is 16.9 Å². The van der Waals surface area contributed by atoms with Gasteiger partial charge >= 0.3 is 0 Å². The van der Waals surface area contributed by atoms with Crippen molar-refractivity contribution in [1.29, 1.82) is 0 Å². The average Bonchev–Trinajstić information content (AvgIpc) is 2.90. The average molecular weight is 495 g/mol. The van der Waals surface area contributed by atoms with Gasteiger partial charge in [0.25, 0.3) is 0 Å². The number of hydrogen-bond acceptors (Lipinski definition) is 1. The van der Waals surface area contributed by atoms with Gasteiger partial charge in [0.15, 0.2) is 11.6 Å². The molecular formula is C32H37F3O. The van der Waals surface area contributed by atoms with Crippen molar-refractivity contribution in [3.05, 3.63) is 88.7 Å². The van der Waals surface area contributed by atoms with Crippen LogP contribution < -0.4 is 4.74 Å². The van der Waals surface area contributed by atoms with Crippen molar-refractivity contribution in [2.24, 2.45) is 5.92 Å². The third kappa shape index (κ3) is 6.32. The van der Waals surface area contributed by atoms with Crippen LogP contribution in [0.25, 0.3) is 11.1 Å². The Morgan fingerprint density at radius 2 is 1.56 bits per heavy atom. The standard InChI is InChI=1S/C32H37F3O/c1-3-4-5-6-22-7-12-24(13-8-22)28-19-20-29(32(35)31(28)34)25-14-9-23(10-15-25)11-16-26-17-18-27(36-2)21-30(26)33/h7-8,12-13,17-21,23,25H,3-6,9-11,14-16H2,1-2H3. The molecule has 4 rings (SSSR count). The van der Waals surface area contributed by atoms with Gasteiger partial charge < -0.3 is 4.74 Å². The second-order valence-corrected chi connectivity index (χ2v) is 10.2. The zero-order valence-corrected chi connectivity index (χ0v) is 21.5. The van der Waals surface area contributed by atoms with E-state index in [9.17, 15) is 4.39 Å². The van der Waals surface area contributed by atoms with E-state index in [1.165, 1.54) is 31.6 Å². The summed E-state index contributed by atoms with van der Waals surface area (Å²) in [4.78, 5) is 0. The molecule has 1 fully saturated rings. The van der Waals surface area contributed by atoms with E-state index in [1.54, 1.807) is 24.3 Å². The molecule has 0 spiro atoms. The molecule has 0 heterocycles. The van der Waals surface area contributed by atoms with Crippen molar-refractivity contribution in [2.75, 3.05) is 7.11 Å². The van der Waals surface area contributed by atoms with E-state index in [-0.39, 0.29) is 11.7 Å². The maximum atomic E-state index is 15.2. The maximum Gasteiger partial charge on any atom is 0.166 e. The van der Waals surface area contributed by atoms with E-state index in [0.29, 0.717) is 40.3 Å². The highest BCUT2D eigenvalue weighted by Crippen LogP contribution is 2.40. The molecule has 3 aromatic rings. The second-order valence-electron chi connectivity index (χ2n) is 10.2. The van der Waals surface area contributed by atoms with Crippen LogP contribution in [0.15, 0.2) is 54.6 Å². The lowest BCUT2D eigenvalue weighted by atomic mass is 9.76. The van der Waals surface area contributed by atoms with E-state index < -0.39 is 11.6 Å². The Morgan fingerprint density at radius 3 is 2.22 bits per heavy atom. The summed E-state index contributed by atoms with van der Waals surface area (Å²) in [7, 11) is 1.53. The molecule has 0 saturated heterocycles. The van der Waals surface area contributed by atoms with Gasteiger partial charge in [-0.2, -0.15) is 0 Å². The SMILES string of the molecule is CCCCCc1ccc(-c2ccc(C3CCC(CCc4ccc(OC)cc4F)CC3)c(F)c2F)cc1. The van der Waals surface area contributed by atoms with Crippen molar-refractivity contribution < 1.29 is 17.9 Å². The molecule has 0 N–H and O–H groups in total. The molecule has 0 radical (unpaired) electrons. The van der Waals surface area contributed by atoms with Gasteiger partial charge in [0.2, 0.25) is 0 Å². The van der Waals surface area contributed by atoms with Crippen LogP contribution in [0.5, 0.6) is 5.75 Å². The predicted molar refractivity (Wildman–Crippen MR) is 141 cm³/mol. The van der Waals surface area contributed by atoms with Crippen LogP contribution in [0.2, 0.25) is 0 Å². The molecule has 1 nitrogen and oxygen atoms in total. The third-order valence-electron chi connectivity index (χ3n) is 7.81. The molecule has 192 valence electrons. The minimum Gasteiger partial charge on any atom is -0.497 e.